The van der Waals surface area contributed by atoms with Crippen molar-refractivity contribution in [3.05, 3.63) is 0 Å². The Morgan fingerprint density at radius 1 is 2.00 bits per heavy atom. The molecule has 4 nitrogen and oxygen atoms in total. The largest absolute Gasteiger partial charge is 0.481 e. The summed E-state index contributed by atoms with van der Waals surface area (Å²) in [5, 5.41) is 8.11. The zero-order chi connectivity index (χ0) is 6.57. The van der Waals surface area contributed by atoms with E-state index in [1.165, 1.54) is 7.11 Å². The molecule has 0 amide bonds. The number of carbonyl (C=O) groups is 1. The fourth-order valence-electron chi connectivity index (χ4n) is 0.251. The molecule has 0 rings (SSSR count). The average molecular weight is 117 g/mol. The monoisotopic (exact) mass is 117 g/mol. The van der Waals surface area contributed by atoms with Crippen molar-refractivity contribution in [1.82, 2.24) is 0 Å². The fourth-order valence-corrected chi connectivity index (χ4v) is 0.251. The van der Waals surface area contributed by atoms with Gasteiger partial charge in [0.05, 0.1) is 0 Å². The Bertz CT molecular complexity index is 86.6. The molecule has 5 heteroatoms. The van der Waals surface area contributed by atoms with Crippen LogP contribution in [0.5, 0.6) is 0 Å². The third-order valence-corrected chi connectivity index (χ3v) is 0.663. The summed E-state index contributed by atoms with van der Waals surface area (Å²) in [7, 11) is 1.47. The standard InChI is InChI=1S/C3H8BNO3/c1-8-4-2(5)3(6)7/h2,4H,5H2,1H3,(H,6,7). The second-order valence-electron chi connectivity index (χ2n) is 1.40. The van der Waals surface area contributed by atoms with Crippen molar-refractivity contribution < 1.29 is 14.6 Å². The predicted molar refractivity (Wildman–Crippen MR) is 29.8 cm³/mol. The van der Waals surface area contributed by atoms with Gasteiger partial charge in [-0.2, -0.15) is 0 Å². The number of carboxylic acid groups (broad SMARTS) is 1. The van der Waals surface area contributed by atoms with Crippen molar-refractivity contribution in [2.75, 3.05) is 7.11 Å². The van der Waals surface area contributed by atoms with E-state index in [0.717, 1.165) is 0 Å². The number of carboxylic acids is 1. The maximum Gasteiger partial charge on any atom is 0.315 e. The molecule has 8 heavy (non-hydrogen) atoms. The lowest BCUT2D eigenvalue weighted by Crippen LogP contribution is -2.37. The summed E-state index contributed by atoms with van der Waals surface area (Å²) in [6.07, 6.45) is 0. The highest BCUT2D eigenvalue weighted by Gasteiger charge is 2.11. The predicted octanol–water partition coefficient (Wildman–Crippen LogP) is -1.65. The van der Waals surface area contributed by atoms with Crippen molar-refractivity contribution in [2.45, 2.75) is 5.94 Å². The molecule has 0 bridgehead atoms. The Labute approximate surface area is 47.9 Å². The van der Waals surface area contributed by atoms with Gasteiger partial charge in [-0.15, -0.1) is 0 Å². The van der Waals surface area contributed by atoms with E-state index in [9.17, 15) is 4.79 Å². The highest BCUT2D eigenvalue weighted by molar-refractivity contribution is 6.36. The van der Waals surface area contributed by atoms with Gasteiger partial charge in [0.2, 0.25) is 0 Å². The molecular formula is C3H8BNO3. The lowest BCUT2D eigenvalue weighted by atomic mass is 9.89. The molecule has 1 unspecified atom stereocenters. The van der Waals surface area contributed by atoms with Crippen molar-refractivity contribution >= 4 is 13.5 Å². The van der Waals surface area contributed by atoms with Crippen LogP contribution in [0.4, 0.5) is 0 Å². The maximum absolute atomic E-state index is 9.88. The van der Waals surface area contributed by atoms with Gasteiger partial charge in [-0.05, 0) is 0 Å². The third kappa shape index (κ3) is 2.60. The highest BCUT2D eigenvalue weighted by Crippen LogP contribution is 1.73. The molecule has 0 aromatic carbocycles. The molecule has 0 radical (unpaired) electrons. The average Bonchev–Trinajstić information content (AvgIpc) is 1.67. The van der Waals surface area contributed by atoms with Crippen LogP contribution in [0.3, 0.4) is 0 Å². The lowest BCUT2D eigenvalue weighted by Gasteiger charge is -1.99. The highest BCUT2D eigenvalue weighted by atomic mass is 16.4. The van der Waals surface area contributed by atoms with Crippen LogP contribution >= 0.6 is 0 Å². The van der Waals surface area contributed by atoms with E-state index in [4.69, 9.17) is 10.8 Å². The van der Waals surface area contributed by atoms with E-state index in [0.29, 0.717) is 0 Å². The third-order valence-electron chi connectivity index (χ3n) is 0.663. The quantitative estimate of drug-likeness (QED) is 0.434. The molecule has 0 aliphatic rings. The van der Waals surface area contributed by atoms with E-state index >= 15 is 0 Å². The number of aliphatic carboxylic acids is 1. The first-order chi connectivity index (χ1) is 3.68. The van der Waals surface area contributed by atoms with Gasteiger partial charge in [0.1, 0.15) is 5.94 Å². The number of nitrogens with two attached hydrogens (primary N) is 1. The van der Waals surface area contributed by atoms with Gasteiger partial charge in [0, 0.05) is 7.11 Å². The molecule has 0 aliphatic heterocycles. The molecule has 0 spiro atoms. The maximum atomic E-state index is 9.88. The number of rotatable bonds is 3. The molecule has 0 saturated carbocycles. The van der Waals surface area contributed by atoms with Gasteiger partial charge >= 0.3 is 13.5 Å². The summed E-state index contributed by atoms with van der Waals surface area (Å²) in [5.74, 6) is -1.92. The minimum atomic E-state index is -1.04. The van der Waals surface area contributed by atoms with Crippen LogP contribution in [0.1, 0.15) is 0 Å². The number of hydrogen-bond acceptors (Lipinski definition) is 3. The lowest BCUT2D eigenvalue weighted by molar-refractivity contribution is -0.136. The fraction of sp³-hybridized carbons (Fsp3) is 0.667. The molecule has 0 fully saturated rings. The van der Waals surface area contributed by atoms with Gasteiger partial charge in [-0.3, -0.25) is 4.79 Å². The van der Waals surface area contributed by atoms with Crippen molar-refractivity contribution in [2.24, 2.45) is 5.73 Å². The molecular weight excluding hydrogens is 109 g/mol. The Kier molecular flexibility index (Phi) is 3.22. The minimum Gasteiger partial charge on any atom is -0.481 e. The Morgan fingerprint density at radius 2 is 2.50 bits per heavy atom. The first-order valence-corrected chi connectivity index (χ1v) is 2.15. The molecule has 0 saturated heterocycles. The molecule has 0 heterocycles. The molecule has 0 aliphatic carbocycles. The second-order valence-corrected chi connectivity index (χ2v) is 1.40. The molecule has 3 N–H and O–H groups in total. The minimum absolute atomic E-state index is 0.0648. The zero-order valence-corrected chi connectivity index (χ0v) is 4.63. The summed E-state index contributed by atoms with van der Waals surface area (Å²) < 4.78 is 4.46. The SMILES string of the molecule is COBC(N)C(=O)O. The summed E-state index contributed by atoms with van der Waals surface area (Å²) in [5.41, 5.74) is 5.00. The van der Waals surface area contributed by atoms with Gasteiger partial charge < -0.3 is 15.5 Å². The van der Waals surface area contributed by atoms with Crippen LogP contribution in [-0.2, 0) is 9.45 Å². The van der Waals surface area contributed by atoms with Crippen molar-refractivity contribution in [3.8, 4) is 0 Å². The summed E-state index contributed by atoms with van der Waals surface area (Å²) in [6.45, 7) is 0. The summed E-state index contributed by atoms with van der Waals surface area (Å²) >= 11 is 0. The Hall–Kier alpha value is -0.545. The topological polar surface area (TPSA) is 72.5 Å². The first-order valence-electron chi connectivity index (χ1n) is 2.15. The van der Waals surface area contributed by atoms with Crippen molar-refractivity contribution in [1.29, 1.82) is 0 Å². The zero-order valence-electron chi connectivity index (χ0n) is 4.63. The van der Waals surface area contributed by atoms with Crippen molar-refractivity contribution in [3.63, 3.8) is 0 Å². The van der Waals surface area contributed by atoms with E-state index in [1.807, 2.05) is 0 Å². The number of hydrogen-bond donors (Lipinski definition) is 2. The van der Waals surface area contributed by atoms with Crippen LogP contribution < -0.4 is 5.73 Å². The second kappa shape index (κ2) is 3.46. The van der Waals surface area contributed by atoms with Gasteiger partial charge in [0.15, 0.2) is 0 Å². The molecule has 46 valence electrons. The van der Waals surface area contributed by atoms with Crippen LogP contribution in [0, 0.1) is 0 Å². The van der Waals surface area contributed by atoms with Gasteiger partial charge in [-0.1, -0.05) is 0 Å². The van der Waals surface area contributed by atoms with Crippen LogP contribution in [0.2, 0.25) is 0 Å². The molecule has 0 aromatic rings. The van der Waals surface area contributed by atoms with E-state index in [2.05, 4.69) is 4.65 Å². The normalized spacial score (nSPS) is 12.8. The van der Waals surface area contributed by atoms with E-state index in [-0.39, 0.29) is 7.48 Å². The summed E-state index contributed by atoms with van der Waals surface area (Å²) in [4.78, 5) is 9.88. The summed E-state index contributed by atoms with van der Waals surface area (Å²) in [6, 6.07) is 0. The molecule has 0 aromatic heterocycles. The first kappa shape index (κ1) is 7.45. The Balaban J connectivity index is 3.32. The van der Waals surface area contributed by atoms with Crippen LogP contribution in [0.15, 0.2) is 0 Å². The van der Waals surface area contributed by atoms with Crippen LogP contribution in [0.25, 0.3) is 0 Å². The smallest absolute Gasteiger partial charge is 0.315 e. The van der Waals surface area contributed by atoms with E-state index < -0.39 is 11.9 Å². The van der Waals surface area contributed by atoms with Gasteiger partial charge in [-0.25, -0.2) is 0 Å². The molecule has 1 atom stereocenters. The van der Waals surface area contributed by atoms with Gasteiger partial charge in [0.25, 0.3) is 0 Å². The van der Waals surface area contributed by atoms with E-state index in [1.54, 1.807) is 0 Å². The Morgan fingerprint density at radius 3 is 2.62 bits per heavy atom. The van der Waals surface area contributed by atoms with Crippen LogP contribution in [-0.4, -0.2) is 31.6 Å².